The second-order valence-corrected chi connectivity index (χ2v) is 8.79. The SMILES string of the molecule is CN(C(=O)C1CCN(S(=O)(=O)c2cccnc2Cl)CC1)c1cccc(C#N)c1. The highest BCUT2D eigenvalue weighted by atomic mass is 35.5. The zero-order valence-corrected chi connectivity index (χ0v) is 16.8. The first kappa shape index (κ1) is 20.3. The highest BCUT2D eigenvalue weighted by Gasteiger charge is 2.34. The van der Waals surface area contributed by atoms with E-state index in [1.165, 1.54) is 27.5 Å². The van der Waals surface area contributed by atoms with Crippen LogP contribution in [0.5, 0.6) is 0 Å². The number of piperidine rings is 1. The molecule has 0 spiro atoms. The summed E-state index contributed by atoms with van der Waals surface area (Å²) >= 11 is 5.94. The van der Waals surface area contributed by atoms with Crippen LogP contribution < -0.4 is 4.90 Å². The predicted molar refractivity (Wildman–Crippen MR) is 105 cm³/mol. The number of aromatic nitrogens is 1. The summed E-state index contributed by atoms with van der Waals surface area (Å²) in [6.07, 6.45) is 2.26. The number of anilines is 1. The van der Waals surface area contributed by atoms with Crippen LogP contribution in [0.2, 0.25) is 5.15 Å². The van der Waals surface area contributed by atoms with Gasteiger partial charge in [-0.05, 0) is 43.2 Å². The van der Waals surface area contributed by atoms with Crippen molar-refractivity contribution >= 4 is 33.2 Å². The van der Waals surface area contributed by atoms with Crippen LogP contribution in [0, 0.1) is 17.2 Å². The van der Waals surface area contributed by atoms with Crippen LogP contribution in [-0.2, 0) is 14.8 Å². The molecule has 1 aromatic heterocycles. The average Bonchev–Trinajstić information content (AvgIpc) is 2.73. The molecular formula is C19H19ClN4O3S. The third-order valence-electron chi connectivity index (χ3n) is 4.84. The summed E-state index contributed by atoms with van der Waals surface area (Å²) in [6.45, 7) is 0.464. The number of pyridine rings is 1. The van der Waals surface area contributed by atoms with Gasteiger partial charge in [0.25, 0.3) is 0 Å². The lowest BCUT2D eigenvalue weighted by Crippen LogP contribution is -2.43. The van der Waals surface area contributed by atoms with Crippen LogP contribution in [0.4, 0.5) is 5.69 Å². The van der Waals surface area contributed by atoms with Crippen LogP contribution in [-0.4, -0.2) is 43.8 Å². The number of sulfonamides is 1. The van der Waals surface area contributed by atoms with E-state index in [0.717, 1.165) is 0 Å². The average molecular weight is 419 g/mol. The number of nitrogens with zero attached hydrogens (tertiary/aromatic N) is 4. The van der Waals surface area contributed by atoms with Gasteiger partial charge in [-0.1, -0.05) is 17.7 Å². The molecule has 9 heteroatoms. The molecule has 0 unspecified atom stereocenters. The van der Waals surface area contributed by atoms with Gasteiger partial charge in [0.05, 0.1) is 11.6 Å². The highest BCUT2D eigenvalue weighted by molar-refractivity contribution is 7.89. The molecule has 1 saturated heterocycles. The molecule has 0 aliphatic carbocycles. The lowest BCUT2D eigenvalue weighted by Gasteiger charge is -2.32. The van der Waals surface area contributed by atoms with E-state index in [0.29, 0.717) is 24.1 Å². The molecule has 3 rings (SSSR count). The number of hydrogen-bond acceptors (Lipinski definition) is 5. The van der Waals surface area contributed by atoms with Crippen molar-refractivity contribution in [3.8, 4) is 6.07 Å². The summed E-state index contributed by atoms with van der Waals surface area (Å²) in [7, 11) is -2.08. The number of nitriles is 1. The van der Waals surface area contributed by atoms with Gasteiger partial charge in [0, 0.05) is 37.9 Å². The molecule has 0 atom stereocenters. The molecule has 1 aromatic carbocycles. The van der Waals surface area contributed by atoms with Crippen molar-refractivity contribution in [2.24, 2.45) is 5.92 Å². The lowest BCUT2D eigenvalue weighted by molar-refractivity contribution is -0.123. The normalized spacial score (nSPS) is 15.8. The first-order chi connectivity index (χ1) is 13.3. The molecule has 7 nitrogen and oxygen atoms in total. The zero-order chi connectivity index (χ0) is 20.3. The predicted octanol–water partition coefficient (Wildman–Crippen LogP) is 2.67. The van der Waals surface area contributed by atoms with E-state index in [4.69, 9.17) is 16.9 Å². The summed E-state index contributed by atoms with van der Waals surface area (Å²) in [4.78, 5) is 18.2. The number of halogens is 1. The summed E-state index contributed by atoms with van der Waals surface area (Å²) in [5.74, 6) is -0.377. The summed E-state index contributed by atoms with van der Waals surface area (Å²) in [6, 6.07) is 11.8. The van der Waals surface area contributed by atoms with Crippen molar-refractivity contribution in [2.75, 3.05) is 25.0 Å². The van der Waals surface area contributed by atoms with Gasteiger partial charge in [-0.3, -0.25) is 4.79 Å². The molecule has 2 heterocycles. The van der Waals surface area contributed by atoms with Crippen molar-refractivity contribution in [3.63, 3.8) is 0 Å². The van der Waals surface area contributed by atoms with Crippen LogP contribution >= 0.6 is 11.6 Å². The number of carbonyl (C=O) groups is 1. The third-order valence-corrected chi connectivity index (χ3v) is 7.18. The highest BCUT2D eigenvalue weighted by Crippen LogP contribution is 2.28. The van der Waals surface area contributed by atoms with Crippen molar-refractivity contribution in [1.82, 2.24) is 9.29 Å². The van der Waals surface area contributed by atoms with Gasteiger partial charge in [0.15, 0.2) is 0 Å². The Balaban J connectivity index is 1.69. The van der Waals surface area contributed by atoms with E-state index in [2.05, 4.69) is 11.1 Å². The van der Waals surface area contributed by atoms with Crippen LogP contribution in [0.15, 0.2) is 47.5 Å². The van der Waals surface area contributed by atoms with E-state index in [1.54, 1.807) is 31.3 Å². The molecule has 1 fully saturated rings. The van der Waals surface area contributed by atoms with Crippen molar-refractivity contribution in [1.29, 1.82) is 5.26 Å². The Bertz CT molecular complexity index is 1030. The van der Waals surface area contributed by atoms with E-state index >= 15 is 0 Å². The summed E-state index contributed by atoms with van der Waals surface area (Å²) < 4.78 is 26.9. The van der Waals surface area contributed by atoms with Gasteiger partial charge in [0.1, 0.15) is 10.0 Å². The monoisotopic (exact) mass is 418 g/mol. The Morgan fingerprint density at radius 3 is 2.64 bits per heavy atom. The maximum atomic E-state index is 12.8. The Morgan fingerprint density at radius 2 is 2.00 bits per heavy atom. The Kier molecular flexibility index (Phi) is 5.98. The molecule has 0 radical (unpaired) electrons. The van der Waals surface area contributed by atoms with Crippen molar-refractivity contribution in [3.05, 3.63) is 53.3 Å². The van der Waals surface area contributed by atoms with Crippen LogP contribution in [0.25, 0.3) is 0 Å². The largest absolute Gasteiger partial charge is 0.315 e. The van der Waals surface area contributed by atoms with E-state index in [9.17, 15) is 13.2 Å². The number of rotatable bonds is 4. The molecule has 1 amide bonds. The van der Waals surface area contributed by atoms with Crippen LogP contribution in [0.1, 0.15) is 18.4 Å². The first-order valence-corrected chi connectivity index (χ1v) is 10.5. The Labute approximate surface area is 169 Å². The van der Waals surface area contributed by atoms with E-state index in [1.807, 2.05) is 0 Å². The number of carbonyl (C=O) groups excluding carboxylic acids is 1. The maximum absolute atomic E-state index is 12.8. The fraction of sp³-hybridized carbons (Fsp3) is 0.316. The minimum atomic E-state index is -3.75. The van der Waals surface area contributed by atoms with E-state index < -0.39 is 10.0 Å². The van der Waals surface area contributed by atoms with Gasteiger partial charge in [-0.15, -0.1) is 0 Å². The quantitative estimate of drug-likeness (QED) is 0.711. The number of amides is 1. The van der Waals surface area contributed by atoms with Gasteiger partial charge in [0.2, 0.25) is 15.9 Å². The van der Waals surface area contributed by atoms with Gasteiger partial charge in [-0.2, -0.15) is 9.57 Å². The van der Waals surface area contributed by atoms with Gasteiger partial charge < -0.3 is 4.90 Å². The molecule has 0 bridgehead atoms. The molecule has 28 heavy (non-hydrogen) atoms. The van der Waals surface area contributed by atoms with Gasteiger partial charge in [-0.25, -0.2) is 13.4 Å². The standard InChI is InChI=1S/C19H19ClN4O3S/c1-23(16-5-2-4-14(12-16)13-21)19(25)15-7-10-24(11-8-15)28(26,27)17-6-3-9-22-18(17)20/h2-6,9,12,15H,7-8,10-11H2,1H3. The summed E-state index contributed by atoms with van der Waals surface area (Å²) in [5, 5.41) is 8.96. The van der Waals surface area contributed by atoms with Crippen molar-refractivity contribution in [2.45, 2.75) is 17.7 Å². The molecule has 1 aliphatic rings. The smallest absolute Gasteiger partial charge is 0.246 e. The van der Waals surface area contributed by atoms with Gasteiger partial charge >= 0.3 is 0 Å². The topological polar surface area (TPSA) is 94.4 Å². The van der Waals surface area contributed by atoms with Crippen LogP contribution in [0.3, 0.4) is 0 Å². The molecule has 0 saturated carbocycles. The maximum Gasteiger partial charge on any atom is 0.246 e. The molecule has 2 aromatic rings. The Hall–Kier alpha value is -2.47. The lowest BCUT2D eigenvalue weighted by atomic mass is 9.96. The first-order valence-electron chi connectivity index (χ1n) is 8.73. The summed E-state index contributed by atoms with van der Waals surface area (Å²) in [5.41, 5.74) is 1.12. The molecule has 146 valence electrons. The molecule has 1 aliphatic heterocycles. The fourth-order valence-corrected chi connectivity index (χ4v) is 5.13. The minimum absolute atomic E-state index is 0.0214. The fourth-order valence-electron chi connectivity index (χ4n) is 3.23. The van der Waals surface area contributed by atoms with Crippen molar-refractivity contribution < 1.29 is 13.2 Å². The zero-order valence-electron chi connectivity index (χ0n) is 15.2. The minimum Gasteiger partial charge on any atom is -0.315 e. The number of benzene rings is 1. The van der Waals surface area contributed by atoms with E-state index in [-0.39, 0.29) is 35.0 Å². The molecule has 0 N–H and O–H groups in total. The second-order valence-electron chi connectivity index (χ2n) is 6.53. The number of hydrogen-bond donors (Lipinski definition) is 0. The third kappa shape index (κ3) is 4.02. The second kappa shape index (κ2) is 8.27. The molecular weight excluding hydrogens is 400 g/mol. The Morgan fingerprint density at radius 1 is 1.29 bits per heavy atom.